The standard InChI is InChI=1S/C28H44O4/c1-19(25(29)30)6-4-5-7-20-9-11-23-22-10-8-21-18-28(31-16-17-32-28)15-14-27(21,3)24(22)12-13-26(20,23)2/h6,20-24H,4-5,7-18H2,1-3H3,(H,29,30)/b19-6+. The van der Waals surface area contributed by atoms with Crippen molar-refractivity contribution in [1.29, 1.82) is 0 Å². The van der Waals surface area contributed by atoms with E-state index >= 15 is 0 Å². The van der Waals surface area contributed by atoms with E-state index in [1.54, 1.807) is 6.92 Å². The van der Waals surface area contributed by atoms with Crippen LogP contribution in [0.3, 0.4) is 0 Å². The van der Waals surface area contributed by atoms with Crippen molar-refractivity contribution in [2.24, 2.45) is 40.4 Å². The van der Waals surface area contributed by atoms with Crippen LogP contribution in [0.1, 0.15) is 97.8 Å². The Morgan fingerprint density at radius 3 is 2.47 bits per heavy atom. The number of allylic oxidation sites excluding steroid dienone is 1. The second kappa shape index (κ2) is 8.41. The molecular weight excluding hydrogens is 400 g/mol. The molecule has 1 aliphatic heterocycles. The Hall–Kier alpha value is -0.870. The number of unbranched alkanes of at least 4 members (excludes halogenated alkanes) is 1. The van der Waals surface area contributed by atoms with Gasteiger partial charge in [-0.25, -0.2) is 4.79 Å². The molecule has 0 aromatic rings. The van der Waals surface area contributed by atoms with Gasteiger partial charge in [0.2, 0.25) is 0 Å². The molecule has 1 spiro atoms. The van der Waals surface area contributed by atoms with Crippen LogP contribution in [0, 0.1) is 40.4 Å². The maximum absolute atomic E-state index is 11.0. The molecule has 4 heteroatoms. The van der Waals surface area contributed by atoms with Gasteiger partial charge in [-0.3, -0.25) is 0 Å². The Balaban J connectivity index is 1.24. The topological polar surface area (TPSA) is 55.8 Å². The van der Waals surface area contributed by atoms with E-state index in [0.29, 0.717) is 16.4 Å². The van der Waals surface area contributed by atoms with E-state index in [0.717, 1.165) is 68.5 Å². The number of carboxylic acid groups (broad SMARTS) is 1. The molecule has 1 N–H and O–H groups in total. The molecule has 32 heavy (non-hydrogen) atoms. The minimum absolute atomic E-state index is 0.244. The maximum Gasteiger partial charge on any atom is 0.330 e. The number of carboxylic acids is 1. The largest absolute Gasteiger partial charge is 0.478 e. The van der Waals surface area contributed by atoms with Crippen molar-refractivity contribution >= 4 is 5.97 Å². The molecule has 180 valence electrons. The van der Waals surface area contributed by atoms with Gasteiger partial charge in [0, 0.05) is 18.4 Å². The number of hydrogen-bond donors (Lipinski definition) is 1. The summed E-state index contributed by atoms with van der Waals surface area (Å²) >= 11 is 0. The van der Waals surface area contributed by atoms with Crippen LogP contribution < -0.4 is 0 Å². The van der Waals surface area contributed by atoms with Gasteiger partial charge in [0.15, 0.2) is 5.79 Å². The average Bonchev–Trinajstić information content (AvgIpc) is 3.36. The molecule has 5 aliphatic rings. The summed E-state index contributed by atoms with van der Waals surface area (Å²) in [6.45, 7) is 8.52. The van der Waals surface area contributed by atoms with Gasteiger partial charge in [-0.1, -0.05) is 19.9 Å². The number of hydrogen-bond acceptors (Lipinski definition) is 3. The number of carbonyl (C=O) groups is 1. The lowest BCUT2D eigenvalue weighted by Crippen LogP contribution is -2.56. The van der Waals surface area contributed by atoms with Gasteiger partial charge >= 0.3 is 5.97 Å². The van der Waals surface area contributed by atoms with Crippen LogP contribution in [-0.4, -0.2) is 30.1 Å². The normalized spacial score (nSPS) is 45.3. The third-order valence-electron chi connectivity index (χ3n) is 11.2. The molecule has 4 saturated carbocycles. The fraction of sp³-hybridized carbons (Fsp3) is 0.893. The molecule has 5 fully saturated rings. The molecule has 5 rings (SSSR count). The molecule has 7 atom stereocenters. The molecule has 7 unspecified atom stereocenters. The molecule has 0 amide bonds. The summed E-state index contributed by atoms with van der Waals surface area (Å²) in [5.41, 5.74) is 1.47. The van der Waals surface area contributed by atoms with Gasteiger partial charge < -0.3 is 14.6 Å². The molecule has 0 radical (unpaired) electrons. The Labute approximate surface area is 194 Å². The number of rotatable bonds is 5. The highest BCUT2D eigenvalue weighted by Gasteiger charge is 2.61. The monoisotopic (exact) mass is 444 g/mol. The zero-order valence-electron chi connectivity index (χ0n) is 20.5. The zero-order chi connectivity index (χ0) is 22.6. The molecule has 4 aliphatic carbocycles. The molecule has 0 aromatic heterocycles. The minimum Gasteiger partial charge on any atom is -0.478 e. The highest BCUT2D eigenvalue weighted by molar-refractivity contribution is 5.85. The Kier molecular flexibility index (Phi) is 6.02. The summed E-state index contributed by atoms with van der Waals surface area (Å²) in [6, 6.07) is 0. The first kappa shape index (κ1) is 22.9. The first-order valence-electron chi connectivity index (χ1n) is 13.5. The summed E-state index contributed by atoms with van der Waals surface area (Å²) < 4.78 is 12.3. The van der Waals surface area contributed by atoms with Gasteiger partial charge in [0.1, 0.15) is 0 Å². The third kappa shape index (κ3) is 3.68. The highest BCUT2D eigenvalue weighted by Crippen LogP contribution is 2.68. The molecule has 1 saturated heterocycles. The van der Waals surface area contributed by atoms with Crippen LogP contribution in [0.25, 0.3) is 0 Å². The number of ether oxygens (including phenoxy) is 2. The Morgan fingerprint density at radius 2 is 1.72 bits per heavy atom. The first-order valence-corrected chi connectivity index (χ1v) is 13.5. The zero-order valence-corrected chi connectivity index (χ0v) is 20.5. The molecular formula is C28H44O4. The van der Waals surface area contributed by atoms with E-state index in [9.17, 15) is 4.79 Å². The number of aliphatic carboxylic acids is 1. The van der Waals surface area contributed by atoms with Crippen LogP contribution in [0.2, 0.25) is 0 Å². The second-order valence-electron chi connectivity index (χ2n) is 12.4. The molecule has 4 nitrogen and oxygen atoms in total. The van der Waals surface area contributed by atoms with E-state index in [1.165, 1.54) is 51.4 Å². The van der Waals surface area contributed by atoms with E-state index in [4.69, 9.17) is 14.6 Å². The fourth-order valence-electron chi connectivity index (χ4n) is 9.31. The van der Waals surface area contributed by atoms with Crippen molar-refractivity contribution in [3.63, 3.8) is 0 Å². The molecule has 0 aromatic carbocycles. The SMILES string of the molecule is C/C(=C\CCCC1CCC2C3CCC4CC5(CCC4(C)C3CCC12C)OCCO5)C(=O)O. The second-order valence-corrected chi connectivity index (χ2v) is 12.4. The van der Waals surface area contributed by atoms with Crippen molar-refractivity contribution in [2.75, 3.05) is 13.2 Å². The first-order chi connectivity index (χ1) is 15.3. The predicted octanol–water partition coefficient (Wildman–Crippen LogP) is 6.59. The lowest BCUT2D eigenvalue weighted by Gasteiger charge is -2.62. The van der Waals surface area contributed by atoms with E-state index in [-0.39, 0.29) is 5.79 Å². The van der Waals surface area contributed by atoms with Crippen LogP contribution in [0.15, 0.2) is 11.6 Å². The van der Waals surface area contributed by atoms with Crippen molar-refractivity contribution in [2.45, 2.75) is 104 Å². The van der Waals surface area contributed by atoms with Gasteiger partial charge in [0.25, 0.3) is 0 Å². The lowest BCUT2D eigenvalue weighted by molar-refractivity contribution is -0.229. The van der Waals surface area contributed by atoms with Crippen LogP contribution in [0.5, 0.6) is 0 Å². The van der Waals surface area contributed by atoms with E-state index in [1.807, 2.05) is 6.08 Å². The van der Waals surface area contributed by atoms with E-state index < -0.39 is 5.97 Å². The fourth-order valence-corrected chi connectivity index (χ4v) is 9.31. The summed E-state index contributed by atoms with van der Waals surface area (Å²) in [4.78, 5) is 11.0. The smallest absolute Gasteiger partial charge is 0.330 e. The third-order valence-corrected chi connectivity index (χ3v) is 11.2. The van der Waals surface area contributed by atoms with Gasteiger partial charge in [-0.05, 0) is 112 Å². The predicted molar refractivity (Wildman–Crippen MR) is 125 cm³/mol. The van der Waals surface area contributed by atoms with Gasteiger partial charge in [-0.15, -0.1) is 0 Å². The molecule has 0 bridgehead atoms. The summed E-state index contributed by atoms with van der Waals surface area (Å²) in [5.74, 6) is 3.27. The van der Waals surface area contributed by atoms with Crippen LogP contribution in [-0.2, 0) is 14.3 Å². The quantitative estimate of drug-likeness (QED) is 0.384. The van der Waals surface area contributed by atoms with Crippen molar-refractivity contribution < 1.29 is 19.4 Å². The minimum atomic E-state index is -0.778. The Bertz CT molecular complexity index is 753. The van der Waals surface area contributed by atoms with E-state index in [2.05, 4.69) is 13.8 Å². The summed E-state index contributed by atoms with van der Waals surface area (Å²) in [7, 11) is 0. The maximum atomic E-state index is 11.0. The van der Waals surface area contributed by atoms with Crippen LogP contribution in [0.4, 0.5) is 0 Å². The van der Waals surface area contributed by atoms with Gasteiger partial charge in [0.05, 0.1) is 13.2 Å². The lowest BCUT2D eigenvalue weighted by atomic mass is 9.44. The van der Waals surface area contributed by atoms with Crippen LogP contribution >= 0.6 is 0 Å². The summed E-state index contributed by atoms with van der Waals surface area (Å²) in [6.07, 6.45) is 17.1. The summed E-state index contributed by atoms with van der Waals surface area (Å²) in [5, 5.41) is 9.08. The van der Waals surface area contributed by atoms with Crippen molar-refractivity contribution in [1.82, 2.24) is 0 Å². The van der Waals surface area contributed by atoms with Crippen molar-refractivity contribution in [3.8, 4) is 0 Å². The van der Waals surface area contributed by atoms with Crippen molar-refractivity contribution in [3.05, 3.63) is 11.6 Å². The molecule has 1 heterocycles. The number of fused-ring (bicyclic) bond motifs is 5. The van der Waals surface area contributed by atoms with Gasteiger partial charge in [-0.2, -0.15) is 0 Å². The average molecular weight is 445 g/mol. The highest BCUT2D eigenvalue weighted by atomic mass is 16.7. The Morgan fingerprint density at radius 1 is 0.969 bits per heavy atom.